The van der Waals surface area contributed by atoms with Gasteiger partial charge in [-0.05, 0) is 70.3 Å². The summed E-state index contributed by atoms with van der Waals surface area (Å²) in [6.45, 7) is 15.1. The van der Waals surface area contributed by atoms with Gasteiger partial charge in [0.2, 0.25) is 0 Å². The van der Waals surface area contributed by atoms with E-state index in [1.165, 1.54) is 50.1 Å². The fraction of sp³-hybridized carbons (Fsp3) is 0.235. The Morgan fingerprint density at radius 1 is 0.576 bits per heavy atom. The SMILES string of the molecule is CC.CC(C)c1cccc2cc(-c3ccccc3)ncc12.CCC(C)c1cccc2cc(-c3cncnc3)ncc12.CCc1cccc2nc(-c3cnn(C)c3)ncc12. The van der Waals surface area contributed by atoms with Crippen LogP contribution >= 0.6 is 0 Å². The first kappa shape index (κ1) is 41.9. The highest BCUT2D eigenvalue weighted by Gasteiger charge is 2.11. The third kappa shape index (κ3) is 10.1. The van der Waals surface area contributed by atoms with Crippen molar-refractivity contribution in [1.29, 1.82) is 0 Å². The minimum atomic E-state index is 0.521. The zero-order valence-electron chi connectivity index (χ0n) is 35.5. The molecule has 0 radical (unpaired) electrons. The lowest BCUT2D eigenvalue weighted by Gasteiger charge is -2.12. The van der Waals surface area contributed by atoms with Crippen LogP contribution in [0.15, 0.2) is 147 Å². The smallest absolute Gasteiger partial charge is 0.162 e. The van der Waals surface area contributed by atoms with E-state index in [9.17, 15) is 0 Å². The van der Waals surface area contributed by atoms with E-state index < -0.39 is 0 Å². The van der Waals surface area contributed by atoms with Gasteiger partial charge in [-0.25, -0.2) is 19.9 Å². The van der Waals surface area contributed by atoms with Crippen LogP contribution in [-0.2, 0) is 13.5 Å². The highest BCUT2D eigenvalue weighted by Crippen LogP contribution is 2.30. The van der Waals surface area contributed by atoms with Crippen LogP contribution in [0.5, 0.6) is 0 Å². The van der Waals surface area contributed by atoms with Crippen LogP contribution in [0, 0.1) is 0 Å². The van der Waals surface area contributed by atoms with Gasteiger partial charge in [-0.2, -0.15) is 5.10 Å². The first-order valence-corrected chi connectivity index (χ1v) is 20.6. The number of hydrogen-bond donors (Lipinski definition) is 0. The molecule has 0 amide bonds. The summed E-state index contributed by atoms with van der Waals surface area (Å²) >= 11 is 0. The van der Waals surface area contributed by atoms with Gasteiger partial charge in [0.1, 0.15) is 6.33 Å². The van der Waals surface area contributed by atoms with E-state index in [2.05, 4.69) is 136 Å². The molecule has 4 aromatic carbocycles. The van der Waals surface area contributed by atoms with Crippen LogP contribution in [0.4, 0.5) is 0 Å². The molecule has 0 aliphatic rings. The highest BCUT2D eigenvalue weighted by atomic mass is 15.2. The van der Waals surface area contributed by atoms with Gasteiger partial charge >= 0.3 is 0 Å². The average Bonchev–Trinajstić information content (AvgIpc) is 3.75. The highest BCUT2D eigenvalue weighted by molar-refractivity contribution is 5.89. The number of fused-ring (bicyclic) bond motifs is 3. The molecule has 0 saturated carbocycles. The van der Waals surface area contributed by atoms with Crippen molar-refractivity contribution in [2.75, 3.05) is 0 Å². The molecule has 8 nitrogen and oxygen atoms in total. The summed E-state index contributed by atoms with van der Waals surface area (Å²) in [5, 5.41) is 10.3. The van der Waals surface area contributed by atoms with Gasteiger partial charge in [0.05, 0.1) is 28.7 Å². The normalized spacial score (nSPS) is 11.3. The topological polar surface area (TPSA) is 95.2 Å². The molecule has 0 spiro atoms. The molecule has 0 fully saturated rings. The molecule has 0 aliphatic carbocycles. The van der Waals surface area contributed by atoms with Gasteiger partial charge < -0.3 is 0 Å². The molecule has 1 atom stereocenters. The minimum absolute atomic E-state index is 0.521. The van der Waals surface area contributed by atoms with Crippen molar-refractivity contribution in [2.45, 2.75) is 73.1 Å². The lowest BCUT2D eigenvalue weighted by atomic mass is 9.93. The van der Waals surface area contributed by atoms with E-state index in [-0.39, 0.29) is 0 Å². The second kappa shape index (κ2) is 20.1. The van der Waals surface area contributed by atoms with Gasteiger partial charge in [-0.15, -0.1) is 0 Å². The minimum Gasteiger partial charge on any atom is -0.275 e. The zero-order chi connectivity index (χ0) is 41.7. The van der Waals surface area contributed by atoms with Gasteiger partial charge in [0, 0.05) is 71.5 Å². The third-order valence-electron chi connectivity index (χ3n) is 10.3. The molecule has 5 aromatic heterocycles. The Bertz CT molecular complexity index is 2720. The molecule has 8 heteroatoms. The summed E-state index contributed by atoms with van der Waals surface area (Å²) in [7, 11) is 1.89. The molecular weight excluding hydrogens is 725 g/mol. The van der Waals surface area contributed by atoms with E-state index in [1.807, 2.05) is 76.0 Å². The summed E-state index contributed by atoms with van der Waals surface area (Å²) in [6.07, 6.45) is 16.8. The van der Waals surface area contributed by atoms with E-state index in [0.29, 0.717) is 11.8 Å². The van der Waals surface area contributed by atoms with Gasteiger partial charge in [0.15, 0.2) is 5.82 Å². The number of nitrogens with zero attached hydrogens (tertiary/aromatic N) is 8. The monoisotopic (exact) mass is 778 g/mol. The number of hydrogen-bond acceptors (Lipinski definition) is 7. The number of pyridine rings is 2. The van der Waals surface area contributed by atoms with Gasteiger partial charge in [-0.1, -0.05) is 127 Å². The molecule has 0 saturated heterocycles. The van der Waals surface area contributed by atoms with E-state index in [0.717, 1.165) is 52.1 Å². The van der Waals surface area contributed by atoms with Crippen molar-refractivity contribution in [3.8, 4) is 33.9 Å². The summed E-state index contributed by atoms with van der Waals surface area (Å²) < 4.78 is 1.76. The van der Waals surface area contributed by atoms with Crippen LogP contribution in [-0.4, -0.2) is 39.7 Å². The largest absolute Gasteiger partial charge is 0.275 e. The molecule has 298 valence electrons. The Labute approximate surface area is 348 Å². The molecule has 0 bridgehead atoms. The fourth-order valence-corrected chi connectivity index (χ4v) is 7.00. The fourth-order valence-electron chi connectivity index (χ4n) is 7.00. The van der Waals surface area contributed by atoms with E-state index >= 15 is 0 Å². The lowest BCUT2D eigenvalue weighted by Crippen LogP contribution is -1.94. The molecule has 0 N–H and O–H groups in total. The van der Waals surface area contributed by atoms with Crippen LogP contribution in [0.25, 0.3) is 66.4 Å². The lowest BCUT2D eigenvalue weighted by molar-refractivity contribution is 0.739. The maximum atomic E-state index is 4.62. The van der Waals surface area contributed by atoms with Crippen molar-refractivity contribution < 1.29 is 0 Å². The number of benzene rings is 4. The maximum absolute atomic E-state index is 4.62. The number of aryl methyl sites for hydroxylation is 2. The Morgan fingerprint density at radius 3 is 1.80 bits per heavy atom. The predicted octanol–water partition coefficient (Wildman–Crippen LogP) is 12.8. The van der Waals surface area contributed by atoms with Crippen molar-refractivity contribution in [1.82, 2.24) is 39.7 Å². The summed E-state index contributed by atoms with van der Waals surface area (Å²) in [5.41, 5.74) is 10.0. The summed E-state index contributed by atoms with van der Waals surface area (Å²) in [4.78, 5) is 26.3. The summed E-state index contributed by atoms with van der Waals surface area (Å²) in [6, 6.07) is 33.7. The molecule has 1 unspecified atom stereocenters. The predicted molar refractivity (Wildman–Crippen MR) is 245 cm³/mol. The standard InChI is InChI=1S/C18H17N.C17H17N3.C14H14N4.C2H6/c1-13(2)16-10-6-9-15-11-18(19-12-17(15)16)14-7-4-3-5-8-14;1-3-12(2)15-6-4-5-13-7-17(20-10-16(13)15)14-8-18-11-19-9-14;1-3-10-5-4-6-13-12(10)8-15-14(17-13)11-7-16-18(2)9-11;1-2/h3-13H,1-2H3;4-12H,3H2,1-2H3;4-9H,3H2,1-2H3;1-2H3. The first-order valence-electron chi connectivity index (χ1n) is 20.6. The Morgan fingerprint density at radius 2 is 1.19 bits per heavy atom. The van der Waals surface area contributed by atoms with Crippen LogP contribution in [0.3, 0.4) is 0 Å². The van der Waals surface area contributed by atoms with Gasteiger partial charge in [-0.3, -0.25) is 14.6 Å². The first-order chi connectivity index (χ1) is 28.8. The third-order valence-corrected chi connectivity index (χ3v) is 10.3. The van der Waals surface area contributed by atoms with Crippen LogP contribution in [0.1, 0.15) is 83.4 Å². The summed E-state index contributed by atoms with van der Waals surface area (Å²) in [5.74, 6) is 1.79. The molecule has 59 heavy (non-hydrogen) atoms. The van der Waals surface area contributed by atoms with Crippen molar-refractivity contribution >= 4 is 32.4 Å². The number of rotatable bonds is 7. The maximum Gasteiger partial charge on any atom is 0.162 e. The zero-order valence-corrected chi connectivity index (χ0v) is 35.5. The Hall–Kier alpha value is -6.67. The molecule has 5 heterocycles. The average molecular weight is 779 g/mol. The van der Waals surface area contributed by atoms with Crippen molar-refractivity contribution in [2.24, 2.45) is 7.05 Å². The number of aromatic nitrogens is 8. The van der Waals surface area contributed by atoms with Crippen molar-refractivity contribution in [3.05, 3.63) is 163 Å². The molecular formula is C51H54N8. The van der Waals surface area contributed by atoms with E-state index in [4.69, 9.17) is 0 Å². The molecule has 9 aromatic rings. The molecule has 9 rings (SSSR count). The second-order valence-corrected chi connectivity index (χ2v) is 14.5. The van der Waals surface area contributed by atoms with Crippen LogP contribution < -0.4 is 0 Å². The molecule has 0 aliphatic heterocycles. The quantitative estimate of drug-likeness (QED) is 0.159. The Balaban J connectivity index is 0.000000146. The van der Waals surface area contributed by atoms with Gasteiger partial charge in [0.25, 0.3) is 0 Å². The van der Waals surface area contributed by atoms with Crippen LogP contribution in [0.2, 0.25) is 0 Å². The Kier molecular flexibility index (Phi) is 14.3. The van der Waals surface area contributed by atoms with E-state index in [1.54, 1.807) is 23.3 Å². The second-order valence-electron chi connectivity index (χ2n) is 14.5. The van der Waals surface area contributed by atoms with Crippen molar-refractivity contribution in [3.63, 3.8) is 0 Å².